The van der Waals surface area contributed by atoms with Crippen LogP contribution in [0.1, 0.15) is 19.3 Å². The second-order valence-electron chi connectivity index (χ2n) is 3.01. The van der Waals surface area contributed by atoms with Crippen LogP contribution in [0, 0.1) is 5.92 Å². The van der Waals surface area contributed by atoms with Crippen LogP contribution in [0.2, 0.25) is 0 Å². The van der Waals surface area contributed by atoms with Crippen LogP contribution in [0.4, 0.5) is 0 Å². The molecule has 3 fully saturated rings. The quantitative estimate of drug-likeness (QED) is 0.326. The van der Waals surface area contributed by atoms with Crippen molar-refractivity contribution in [3.63, 3.8) is 0 Å². The standard InChI is InChI=1S/C5H9ClN2/c6-8(7)5-1-4(2-5)3-5/h4H,1-3,7H2. The highest BCUT2D eigenvalue weighted by Gasteiger charge is 2.59. The minimum absolute atomic E-state index is 0.242. The van der Waals surface area contributed by atoms with E-state index in [0.29, 0.717) is 0 Å². The van der Waals surface area contributed by atoms with Gasteiger partial charge in [0.2, 0.25) is 0 Å². The van der Waals surface area contributed by atoms with Gasteiger partial charge in [-0.1, -0.05) is 0 Å². The zero-order valence-corrected chi connectivity index (χ0v) is 5.36. The molecule has 0 spiro atoms. The number of nitrogens with two attached hydrogens (primary N) is 1. The Morgan fingerprint density at radius 3 is 2.00 bits per heavy atom. The summed E-state index contributed by atoms with van der Waals surface area (Å²) in [7, 11) is 0. The highest BCUT2D eigenvalue weighted by Crippen LogP contribution is 2.60. The van der Waals surface area contributed by atoms with Crippen LogP contribution in [0.3, 0.4) is 0 Å². The highest BCUT2D eigenvalue weighted by atomic mass is 35.5. The molecule has 3 rings (SSSR count). The van der Waals surface area contributed by atoms with Crippen LogP contribution in [-0.4, -0.2) is 10.1 Å². The number of halogens is 1. The Morgan fingerprint density at radius 2 is 2.00 bits per heavy atom. The van der Waals surface area contributed by atoms with Gasteiger partial charge in [-0.15, -0.1) is 0 Å². The summed E-state index contributed by atoms with van der Waals surface area (Å²) in [5.41, 5.74) is 0.242. The summed E-state index contributed by atoms with van der Waals surface area (Å²) in [6.45, 7) is 0. The lowest BCUT2D eigenvalue weighted by atomic mass is 9.50. The molecule has 0 aromatic heterocycles. The average Bonchev–Trinajstić information content (AvgIpc) is 1.16. The summed E-state index contributed by atoms with van der Waals surface area (Å²) in [5, 5.41) is 0. The van der Waals surface area contributed by atoms with E-state index >= 15 is 0 Å². The van der Waals surface area contributed by atoms with Gasteiger partial charge in [-0.05, 0) is 37.0 Å². The Kier molecular flexibility index (Phi) is 0.756. The van der Waals surface area contributed by atoms with E-state index < -0.39 is 0 Å². The van der Waals surface area contributed by atoms with Gasteiger partial charge in [0, 0.05) is 0 Å². The molecule has 3 saturated carbocycles. The second-order valence-corrected chi connectivity index (χ2v) is 3.38. The second kappa shape index (κ2) is 1.20. The van der Waals surface area contributed by atoms with Gasteiger partial charge in [0.25, 0.3) is 0 Å². The third kappa shape index (κ3) is 0.375. The van der Waals surface area contributed by atoms with Gasteiger partial charge < -0.3 is 0 Å². The van der Waals surface area contributed by atoms with E-state index in [1.807, 2.05) is 0 Å². The van der Waals surface area contributed by atoms with Crippen molar-refractivity contribution in [2.75, 3.05) is 0 Å². The fraction of sp³-hybridized carbons (Fsp3) is 1.00. The van der Waals surface area contributed by atoms with E-state index in [1.54, 1.807) is 0 Å². The van der Waals surface area contributed by atoms with E-state index in [2.05, 4.69) is 0 Å². The summed E-state index contributed by atoms with van der Waals surface area (Å²) in [6, 6.07) is 0. The van der Waals surface area contributed by atoms with Gasteiger partial charge in [-0.2, -0.15) is 4.53 Å². The summed E-state index contributed by atoms with van der Waals surface area (Å²) >= 11 is 5.57. The lowest BCUT2D eigenvalue weighted by Gasteiger charge is -2.63. The summed E-state index contributed by atoms with van der Waals surface area (Å²) in [4.78, 5) is 0. The summed E-state index contributed by atoms with van der Waals surface area (Å²) in [6.07, 6.45) is 3.69. The topological polar surface area (TPSA) is 29.3 Å². The number of hydrogen-bond donors (Lipinski definition) is 1. The molecule has 0 unspecified atom stereocenters. The molecule has 3 aliphatic rings. The largest absolute Gasteiger partial charge is 0.254 e. The lowest BCUT2D eigenvalue weighted by molar-refractivity contribution is -0.105. The predicted octanol–water partition coefficient (Wildman–Crippen LogP) is 0.868. The molecule has 0 aliphatic heterocycles. The molecule has 0 radical (unpaired) electrons. The molecule has 0 amide bonds. The van der Waals surface area contributed by atoms with Crippen LogP contribution < -0.4 is 5.84 Å². The van der Waals surface area contributed by atoms with Gasteiger partial charge in [0.05, 0.1) is 5.54 Å². The van der Waals surface area contributed by atoms with Crippen molar-refractivity contribution in [1.82, 2.24) is 4.53 Å². The van der Waals surface area contributed by atoms with Crippen LogP contribution in [-0.2, 0) is 0 Å². The Bertz CT molecular complexity index is 107. The van der Waals surface area contributed by atoms with E-state index in [0.717, 1.165) is 5.92 Å². The molecule has 0 atom stereocenters. The maximum atomic E-state index is 5.57. The predicted molar refractivity (Wildman–Crippen MR) is 32.0 cm³/mol. The van der Waals surface area contributed by atoms with Crippen molar-refractivity contribution < 1.29 is 0 Å². The third-order valence-corrected chi connectivity index (χ3v) is 2.82. The van der Waals surface area contributed by atoms with Crippen molar-refractivity contribution >= 4 is 11.8 Å². The number of hydrogen-bond acceptors (Lipinski definition) is 2. The molecular weight excluding hydrogens is 124 g/mol. The molecule has 3 aliphatic carbocycles. The van der Waals surface area contributed by atoms with E-state index in [-0.39, 0.29) is 5.54 Å². The lowest BCUT2D eigenvalue weighted by Crippen LogP contribution is -2.67. The average molecular weight is 133 g/mol. The summed E-state index contributed by atoms with van der Waals surface area (Å²) in [5.74, 6) is 6.33. The molecule has 0 aromatic rings. The van der Waals surface area contributed by atoms with E-state index in [1.165, 1.54) is 23.8 Å². The summed E-state index contributed by atoms with van der Waals surface area (Å²) < 4.78 is 1.37. The maximum Gasteiger partial charge on any atom is 0.0523 e. The van der Waals surface area contributed by atoms with Crippen molar-refractivity contribution in [2.24, 2.45) is 11.8 Å². The first-order chi connectivity index (χ1) is 3.73. The van der Waals surface area contributed by atoms with Crippen LogP contribution >= 0.6 is 11.8 Å². The molecule has 2 nitrogen and oxygen atoms in total. The Balaban J connectivity index is 2.04. The van der Waals surface area contributed by atoms with Crippen molar-refractivity contribution in [1.29, 1.82) is 0 Å². The normalized spacial score (nSPS) is 50.6. The fourth-order valence-corrected chi connectivity index (χ4v) is 1.90. The van der Waals surface area contributed by atoms with Gasteiger partial charge in [-0.3, -0.25) is 5.84 Å². The zero-order chi connectivity index (χ0) is 5.78. The molecule has 0 aromatic carbocycles. The molecule has 46 valence electrons. The number of hydrazine groups is 1. The highest BCUT2D eigenvalue weighted by molar-refractivity contribution is 6.13. The van der Waals surface area contributed by atoms with Crippen molar-refractivity contribution in [3.05, 3.63) is 0 Å². The number of nitrogens with zero attached hydrogens (tertiary/aromatic N) is 1. The van der Waals surface area contributed by atoms with Gasteiger partial charge in [0.15, 0.2) is 0 Å². The Hall–Kier alpha value is 0.210. The molecule has 8 heavy (non-hydrogen) atoms. The van der Waals surface area contributed by atoms with E-state index in [4.69, 9.17) is 17.6 Å². The minimum atomic E-state index is 0.242. The maximum absolute atomic E-state index is 5.57. The van der Waals surface area contributed by atoms with Crippen LogP contribution in [0.15, 0.2) is 0 Å². The first kappa shape index (κ1) is 5.03. The molecule has 2 N–H and O–H groups in total. The molecule has 2 bridgehead atoms. The van der Waals surface area contributed by atoms with Crippen LogP contribution in [0.5, 0.6) is 0 Å². The zero-order valence-electron chi connectivity index (χ0n) is 4.60. The van der Waals surface area contributed by atoms with Crippen molar-refractivity contribution in [3.8, 4) is 0 Å². The van der Waals surface area contributed by atoms with Gasteiger partial charge in [-0.25, -0.2) is 0 Å². The first-order valence-electron chi connectivity index (χ1n) is 2.94. The smallest absolute Gasteiger partial charge is 0.0523 e. The third-order valence-electron chi connectivity index (χ3n) is 2.46. The number of rotatable bonds is 1. The minimum Gasteiger partial charge on any atom is -0.254 e. The Labute approximate surface area is 53.7 Å². The first-order valence-corrected chi connectivity index (χ1v) is 3.27. The molecule has 3 heteroatoms. The fourth-order valence-electron chi connectivity index (χ4n) is 1.69. The molecule has 0 saturated heterocycles. The van der Waals surface area contributed by atoms with Crippen molar-refractivity contribution in [2.45, 2.75) is 24.8 Å². The Morgan fingerprint density at radius 1 is 1.50 bits per heavy atom. The SMILES string of the molecule is NN(Cl)C12CC(C1)C2. The monoisotopic (exact) mass is 132 g/mol. The van der Waals surface area contributed by atoms with E-state index in [9.17, 15) is 0 Å². The van der Waals surface area contributed by atoms with Gasteiger partial charge >= 0.3 is 0 Å². The molecule has 0 heterocycles. The van der Waals surface area contributed by atoms with Crippen LogP contribution in [0.25, 0.3) is 0 Å². The van der Waals surface area contributed by atoms with Gasteiger partial charge in [0.1, 0.15) is 0 Å². The molecular formula is C5H9ClN2.